The zero-order valence-corrected chi connectivity index (χ0v) is 14.4. The minimum Gasteiger partial charge on any atom is -0.325 e. The first kappa shape index (κ1) is 16.0. The van der Waals surface area contributed by atoms with Crippen LogP contribution in [-0.4, -0.2) is 24.7 Å². The van der Waals surface area contributed by atoms with E-state index < -0.39 is 0 Å². The Hall–Kier alpha value is -1.89. The largest absolute Gasteiger partial charge is 0.325 e. The number of nitrogens with one attached hydrogen (secondary N) is 1. The molecule has 0 aliphatic heterocycles. The highest BCUT2D eigenvalue weighted by atomic mass is 35.5. The van der Waals surface area contributed by atoms with Gasteiger partial charge in [0, 0.05) is 18.3 Å². The normalized spacial score (nSPS) is 10.8. The molecule has 0 saturated carbocycles. The van der Waals surface area contributed by atoms with Gasteiger partial charge in [-0.2, -0.15) is 9.78 Å². The summed E-state index contributed by atoms with van der Waals surface area (Å²) in [6.07, 6.45) is 1.51. The molecule has 3 aromatic heterocycles. The Morgan fingerprint density at radius 1 is 1.04 bits per heavy atom. The number of hydrogen-bond acceptors (Lipinski definition) is 5. The van der Waals surface area contributed by atoms with Crippen LogP contribution in [0.25, 0.3) is 5.82 Å². The van der Waals surface area contributed by atoms with Gasteiger partial charge < -0.3 is 5.32 Å². The summed E-state index contributed by atoms with van der Waals surface area (Å²) in [5.74, 6) is 2.22. The molecular formula is C14H11Cl3N6. The monoisotopic (exact) mass is 368 g/mol. The highest BCUT2D eigenvalue weighted by Crippen LogP contribution is 2.26. The summed E-state index contributed by atoms with van der Waals surface area (Å²) in [6.45, 7) is 3.63. The molecular weight excluding hydrogens is 359 g/mol. The second-order valence-electron chi connectivity index (χ2n) is 4.79. The number of aromatic nitrogens is 5. The molecule has 0 aliphatic carbocycles. The van der Waals surface area contributed by atoms with Crippen molar-refractivity contribution in [1.82, 2.24) is 24.7 Å². The third-order valence-electron chi connectivity index (χ3n) is 2.88. The minimum atomic E-state index is 0.352. The van der Waals surface area contributed by atoms with Crippen molar-refractivity contribution in [3.8, 4) is 5.82 Å². The maximum atomic E-state index is 6.22. The average Bonchev–Trinajstić information content (AvgIpc) is 2.78. The van der Waals surface area contributed by atoms with E-state index in [4.69, 9.17) is 34.8 Å². The van der Waals surface area contributed by atoms with E-state index in [0.717, 1.165) is 5.69 Å². The summed E-state index contributed by atoms with van der Waals surface area (Å²) in [5.41, 5.74) is 0.789. The molecule has 1 N–H and O–H groups in total. The molecule has 0 unspecified atom stereocenters. The third kappa shape index (κ3) is 3.55. The number of rotatable bonds is 3. The minimum absolute atomic E-state index is 0.352. The molecule has 0 fully saturated rings. The molecule has 3 heterocycles. The molecule has 3 aromatic rings. The van der Waals surface area contributed by atoms with Gasteiger partial charge in [0.1, 0.15) is 22.6 Å². The van der Waals surface area contributed by atoms with Crippen molar-refractivity contribution >= 4 is 46.4 Å². The lowest BCUT2D eigenvalue weighted by atomic mass is 10.4. The molecule has 118 valence electrons. The fourth-order valence-electron chi connectivity index (χ4n) is 2.04. The van der Waals surface area contributed by atoms with Gasteiger partial charge in [0.2, 0.25) is 0 Å². The van der Waals surface area contributed by atoms with E-state index in [9.17, 15) is 0 Å². The standard InChI is InChI=1S/C14H11Cl3N6/c1-7-3-13(21-12-5-11(17)19-8(2)20-12)23(22-7)14-10(16)4-9(15)6-18-14/h3-6H,1-2H3,(H,19,20,21). The van der Waals surface area contributed by atoms with Gasteiger partial charge in [-0.3, -0.25) is 0 Å². The third-order valence-corrected chi connectivity index (χ3v) is 3.56. The predicted octanol–water partition coefficient (Wildman–Crippen LogP) is 4.38. The van der Waals surface area contributed by atoms with Crippen molar-refractivity contribution in [3.05, 3.63) is 51.1 Å². The Morgan fingerprint density at radius 2 is 1.83 bits per heavy atom. The maximum Gasteiger partial charge on any atom is 0.174 e. The van der Waals surface area contributed by atoms with Gasteiger partial charge >= 0.3 is 0 Å². The Labute approximate surface area is 147 Å². The van der Waals surface area contributed by atoms with Crippen LogP contribution in [0.5, 0.6) is 0 Å². The lowest BCUT2D eigenvalue weighted by molar-refractivity contribution is 0.838. The van der Waals surface area contributed by atoms with E-state index in [1.165, 1.54) is 6.20 Å². The Balaban J connectivity index is 2.04. The van der Waals surface area contributed by atoms with Gasteiger partial charge in [-0.25, -0.2) is 15.0 Å². The van der Waals surface area contributed by atoms with E-state index in [-0.39, 0.29) is 0 Å². The van der Waals surface area contributed by atoms with E-state index in [0.29, 0.717) is 38.5 Å². The van der Waals surface area contributed by atoms with Crippen LogP contribution in [0.3, 0.4) is 0 Å². The molecule has 9 heteroatoms. The number of aryl methyl sites for hydroxylation is 2. The van der Waals surface area contributed by atoms with Crippen LogP contribution < -0.4 is 5.32 Å². The first-order valence-electron chi connectivity index (χ1n) is 6.58. The molecule has 0 aliphatic rings. The van der Waals surface area contributed by atoms with Gasteiger partial charge in [0.15, 0.2) is 5.82 Å². The van der Waals surface area contributed by atoms with Crippen molar-refractivity contribution in [2.45, 2.75) is 13.8 Å². The number of anilines is 2. The highest BCUT2D eigenvalue weighted by molar-refractivity contribution is 6.35. The summed E-state index contributed by atoms with van der Waals surface area (Å²) in [7, 11) is 0. The van der Waals surface area contributed by atoms with Crippen molar-refractivity contribution in [1.29, 1.82) is 0 Å². The van der Waals surface area contributed by atoms with Crippen LogP contribution in [0.1, 0.15) is 11.5 Å². The molecule has 0 saturated heterocycles. The predicted molar refractivity (Wildman–Crippen MR) is 91.2 cm³/mol. The maximum absolute atomic E-state index is 6.22. The van der Waals surface area contributed by atoms with Gasteiger partial charge in [0.05, 0.1) is 15.7 Å². The van der Waals surface area contributed by atoms with Gasteiger partial charge in [-0.05, 0) is 19.9 Å². The second kappa shape index (κ2) is 6.31. The Bertz CT molecular complexity index is 857. The van der Waals surface area contributed by atoms with Crippen LogP contribution in [0.2, 0.25) is 15.2 Å². The van der Waals surface area contributed by atoms with E-state index in [1.807, 2.05) is 13.0 Å². The van der Waals surface area contributed by atoms with Crippen molar-refractivity contribution in [2.75, 3.05) is 5.32 Å². The molecule has 0 aromatic carbocycles. The van der Waals surface area contributed by atoms with E-state index >= 15 is 0 Å². The van der Waals surface area contributed by atoms with Crippen LogP contribution in [0.15, 0.2) is 24.4 Å². The Kier molecular flexibility index (Phi) is 4.39. The zero-order valence-electron chi connectivity index (χ0n) is 12.2. The van der Waals surface area contributed by atoms with Gasteiger partial charge in [0.25, 0.3) is 0 Å². The number of pyridine rings is 1. The number of nitrogens with zero attached hydrogens (tertiary/aromatic N) is 5. The van der Waals surface area contributed by atoms with Gasteiger partial charge in [-0.1, -0.05) is 34.8 Å². The van der Waals surface area contributed by atoms with Crippen LogP contribution in [-0.2, 0) is 0 Å². The lowest BCUT2D eigenvalue weighted by Gasteiger charge is -2.10. The van der Waals surface area contributed by atoms with E-state index in [1.54, 1.807) is 23.7 Å². The van der Waals surface area contributed by atoms with Crippen LogP contribution >= 0.6 is 34.8 Å². The highest BCUT2D eigenvalue weighted by Gasteiger charge is 2.13. The summed E-state index contributed by atoms with van der Waals surface area (Å²) < 4.78 is 1.58. The van der Waals surface area contributed by atoms with Crippen molar-refractivity contribution in [3.63, 3.8) is 0 Å². The molecule has 23 heavy (non-hydrogen) atoms. The van der Waals surface area contributed by atoms with Crippen LogP contribution in [0.4, 0.5) is 11.6 Å². The molecule has 0 amide bonds. The van der Waals surface area contributed by atoms with E-state index in [2.05, 4.69) is 25.4 Å². The number of hydrogen-bond donors (Lipinski definition) is 1. The van der Waals surface area contributed by atoms with Crippen LogP contribution in [0, 0.1) is 13.8 Å². The second-order valence-corrected chi connectivity index (χ2v) is 6.02. The fraction of sp³-hybridized carbons (Fsp3) is 0.143. The molecule has 6 nitrogen and oxygen atoms in total. The number of halogens is 3. The summed E-state index contributed by atoms with van der Waals surface area (Å²) >= 11 is 18.1. The topological polar surface area (TPSA) is 68.5 Å². The fourth-order valence-corrected chi connectivity index (χ4v) is 2.73. The van der Waals surface area contributed by atoms with Gasteiger partial charge in [-0.15, -0.1) is 0 Å². The molecule has 0 bridgehead atoms. The first-order chi connectivity index (χ1) is 10.9. The zero-order chi connectivity index (χ0) is 16.6. The summed E-state index contributed by atoms with van der Waals surface area (Å²) in [4.78, 5) is 12.6. The molecule has 3 rings (SSSR count). The van der Waals surface area contributed by atoms with Crippen molar-refractivity contribution < 1.29 is 0 Å². The summed E-state index contributed by atoms with van der Waals surface area (Å²) in [6, 6.07) is 5.08. The smallest absolute Gasteiger partial charge is 0.174 e. The lowest BCUT2D eigenvalue weighted by Crippen LogP contribution is -2.06. The molecule has 0 radical (unpaired) electrons. The SMILES string of the molecule is Cc1cc(Nc2cc(Cl)nc(C)n2)n(-c2ncc(Cl)cc2Cl)n1. The Morgan fingerprint density at radius 3 is 2.52 bits per heavy atom. The average molecular weight is 370 g/mol. The molecule has 0 atom stereocenters. The summed E-state index contributed by atoms with van der Waals surface area (Å²) in [5, 5.41) is 8.74. The molecule has 0 spiro atoms. The first-order valence-corrected chi connectivity index (χ1v) is 7.72. The van der Waals surface area contributed by atoms with Crippen molar-refractivity contribution in [2.24, 2.45) is 0 Å². The quantitative estimate of drug-likeness (QED) is 0.694.